The summed E-state index contributed by atoms with van der Waals surface area (Å²) in [5.74, 6) is 0.792. The van der Waals surface area contributed by atoms with Crippen molar-refractivity contribution in [3.8, 4) is 0 Å². The lowest BCUT2D eigenvalue weighted by atomic mass is 9.81. The van der Waals surface area contributed by atoms with Crippen molar-refractivity contribution in [2.24, 2.45) is 0 Å². The van der Waals surface area contributed by atoms with Crippen LogP contribution in [0.4, 0.5) is 0 Å². The van der Waals surface area contributed by atoms with E-state index in [1.807, 2.05) is 0 Å². The Kier molecular flexibility index (Phi) is 6.06. The minimum Gasteiger partial charge on any atom is -0.308 e. The molecular weight excluding hydrogens is 244 g/mol. The number of nitrogens with zero attached hydrogens (tertiary/aromatic N) is 2. The van der Waals surface area contributed by atoms with Gasteiger partial charge in [-0.05, 0) is 57.8 Å². The Hall–Kier alpha value is -0.860. The Balaban J connectivity index is 1.83. The molecule has 2 heteroatoms. The van der Waals surface area contributed by atoms with E-state index in [4.69, 9.17) is 0 Å². The summed E-state index contributed by atoms with van der Waals surface area (Å²) in [6.07, 6.45) is 5.43. The minimum atomic E-state index is 0.792. The third kappa shape index (κ3) is 4.32. The molecule has 0 bridgehead atoms. The fraction of sp³-hybridized carbons (Fsp3) is 0.667. The normalized spacial score (nSPS) is 23.4. The molecule has 1 aromatic carbocycles. The zero-order valence-corrected chi connectivity index (χ0v) is 13.4. The second-order valence-electron chi connectivity index (χ2n) is 6.35. The molecule has 1 saturated carbocycles. The maximum absolute atomic E-state index is 2.68. The fourth-order valence-electron chi connectivity index (χ4n) is 3.43. The number of likely N-dealkylation sites (N-methyl/N-ethyl adjacent to an activating group) is 2. The molecular formula is C18H30N2. The summed E-state index contributed by atoms with van der Waals surface area (Å²) in [7, 11) is 4.33. The number of rotatable bonds is 6. The highest BCUT2D eigenvalue weighted by Gasteiger charge is 2.25. The highest BCUT2D eigenvalue weighted by Crippen LogP contribution is 2.34. The summed E-state index contributed by atoms with van der Waals surface area (Å²) in [5.41, 5.74) is 1.54. The quantitative estimate of drug-likeness (QED) is 0.782. The molecule has 112 valence electrons. The predicted octanol–water partition coefficient (Wildman–Crippen LogP) is 3.60. The van der Waals surface area contributed by atoms with Gasteiger partial charge >= 0.3 is 0 Å². The molecule has 0 saturated heterocycles. The van der Waals surface area contributed by atoms with E-state index >= 15 is 0 Å². The van der Waals surface area contributed by atoms with E-state index in [-0.39, 0.29) is 0 Å². The first-order valence-electron chi connectivity index (χ1n) is 8.14. The lowest BCUT2D eigenvalue weighted by Crippen LogP contribution is -2.41. The van der Waals surface area contributed by atoms with Crippen molar-refractivity contribution in [1.29, 1.82) is 0 Å². The average Bonchev–Trinajstić information content (AvgIpc) is 2.49. The first kappa shape index (κ1) is 15.5. The highest BCUT2D eigenvalue weighted by molar-refractivity contribution is 5.20. The Labute approximate surface area is 124 Å². The molecule has 0 radical (unpaired) electrons. The number of benzene rings is 1. The van der Waals surface area contributed by atoms with Gasteiger partial charge in [0.2, 0.25) is 0 Å². The Morgan fingerprint density at radius 3 is 2.15 bits per heavy atom. The molecule has 0 spiro atoms. The van der Waals surface area contributed by atoms with E-state index in [1.165, 1.54) is 45.3 Å². The van der Waals surface area contributed by atoms with Crippen LogP contribution in [0.3, 0.4) is 0 Å². The SMILES string of the molecule is CCN(CCN(C)C)C1CCC(c2ccccc2)CC1. The van der Waals surface area contributed by atoms with Crippen LogP contribution in [0.2, 0.25) is 0 Å². The van der Waals surface area contributed by atoms with Crippen molar-refractivity contribution in [3.05, 3.63) is 35.9 Å². The van der Waals surface area contributed by atoms with E-state index in [2.05, 4.69) is 61.2 Å². The van der Waals surface area contributed by atoms with Crippen LogP contribution < -0.4 is 0 Å². The van der Waals surface area contributed by atoms with Crippen LogP contribution in [-0.4, -0.2) is 49.6 Å². The second kappa shape index (κ2) is 7.80. The van der Waals surface area contributed by atoms with E-state index in [0.717, 1.165) is 12.0 Å². The molecule has 0 aliphatic heterocycles. The van der Waals surface area contributed by atoms with Gasteiger partial charge in [0.1, 0.15) is 0 Å². The van der Waals surface area contributed by atoms with Gasteiger partial charge in [-0.25, -0.2) is 0 Å². The van der Waals surface area contributed by atoms with Crippen LogP contribution in [0.15, 0.2) is 30.3 Å². The van der Waals surface area contributed by atoms with Gasteiger partial charge in [0.15, 0.2) is 0 Å². The summed E-state index contributed by atoms with van der Waals surface area (Å²) < 4.78 is 0. The summed E-state index contributed by atoms with van der Waals surface area (Å²) in [6.45, 7) is 5.88. The topological polar surface area (TPSA) is 6.48 Å². The predicted molar refractivity (Wildman–Crippen MR) is 87.2 cm³/mol. The van der Waals surface area contributed by atoms with Crippen LogP contribution in [0.1, 0.15) is 44.1 Å². The van der Waals surface area contributed by atoms with Crippen LogP contribution in [0.25, 0.3) is 0 Å². The molecule has 1 aromatic rings. The van der Waals surface area contributed by atoms with Crippen LogP contribution in [-0.2, 0) is 0 Å². The molecule has 2 nitrogen and oxygen atoms in total. The summed E-state index contributed by atoms with van der Waals surface area (Å²) >= 11 is 0. The Bertz CT molecular complexity index is 366. The first-order chi connectivity index (χ1) is 9.70. The van der Waals surface area contributed by atoms with Crippen molar-refractivity contribution in [3.63, 3.8) is 0 Å². The molecule has 0 unspecified atom stereocenters. The molecule has 0 aromatic heterocycles. The maximum Gasteiger partial charge on any atom is 0.0112 e. The Morgan fingerprint density at radius 2 is 1.60 bits per heavy atom. The van der Waals surface area contributed by atoms with Crippen molar-refractivity contribution < 1.29 is 0 Å². The van der Waals surface area contributed by atoms with Gasteiger partial charge in [0, 0.05) is 19.1 Å². The summed E-state index contributed by atoms with van der Waals surface area (Å²) in [6, 6.07) is 11.9. The lowest BCUT2D eigenvalue weighted by Gasteiger charge is -2.37. The number of hydrogen-bond acceptors (Lipinski definition) is 2. The molecule has 2 rings (SSSR count). The van der Waals surface area contributed by atoms with Gasteiger partial charge in [-0.15, -0.1) is 0 Å². The zero-order valence-electron chi connectivity index (χ0n) is 13.4. The highest BCUT2D eigenvalue weighted by atomic mass is 15.2. The lowest BCUT2D eigenvalue weighted by molar-refractivity contribution is 0.144. The largest absolute Gasteiger partial charge is 0.308 e. The van der Waals surface area contributed by atoms with Gasteiger partial charge in [0.05, 0.1) is 0 Å². The van der Waals surface area contributed by atoms with Crippen LogP contribution >= 0.6 is 0 Å². The van der Waals surface area contributed by atoms with Gasteiger partial charge < -0.3 is 4.90 Å². The molecule has 1 aliphatic rings. The Morgan fingerprint density at radius 1 is 0.950 bits per heavy atom. The molecule has 20 heavy (non-hydrogen) atoms. The third-order valence-electron chi connectivity index (χ3n) is 4.72. The molecule has 0 heterocycles. The van der Waals surface area contributed by atoms with E-state index in [0.29, 0.717) is 0 Å². The maximum atomic E-state index is 2.68. The summed E-state index contributed by atoms with van der Waals surface area (Å²) in [5, 5.41) is 0. The monoisotopic (exact) mass is 274 g/mol. The standard InChI is InChI=1S/C18H30N2/c1-4-20(15-14-19(2)3)18-12-10-17(11-13-18)16-8-6-5-7-9-16/h5-9,17-18H,4,10-15H2,1-3H3. The van der Waals surface area contributed by atoms with Crippen molar-refractivity contribution in [2.75, 3.05) is 33.7 Å². The zero-order chi connectivity index (χ0) is 14.4. The van der Waals surface area contributed by atoms with Crippen LogP contribution in [0.5, 0.6) is 0 Å². The van der Waals surface area contributed by atoms with Gasteiger partial charge in [-0.2, -0.15) is 0 Å². The second-order valence-corrected chi connectivity index (χ2v) is 6.35. The van der Waals surface area contributed by atoms with Crippen molar-refractivity contribution in [1.82, 2.24) is 9.80 Å². The first-order valence-corrected chi connectivity index (χ1v) is 8.14. The fourth-order valence-corrected chi connectivity index (χ4v) is 3.43. The average molecular weight is 274 g/mol. The van der Waals surface area contributed by atoms with Gasteiger partial charge in [-0.1, -0.05) is 37.3 Å². The third-order valence-corrected chi connectivity index (χ3v) is 4.72. The molecule has 0 atom stereocenters. The molecule has 1 fully saturated rings. The van der Waals surface area contributed by atoms with E-state index in [1.54, 1.807) is 5.56 Å². The van der Waals surface area contributed by atoms with E-state index in [9.17, 15) is 0 Å². The number of hydrogen-bond donors (Lipinski definition) is 0. The summed E-state index contributed by atoms with van der Waals surface area (Å²) in [4.78, 5) is 4.97. The van der Waals surface area contributed by atoms with Crippen molar-refractivity contribution >= 4 is 0 Å². The van der Waals surface area contributed by atoms with Gasteiger partial charge in [-0.3, -0.25) is 4.90 Å². The van der Waals surface area contributed by atoms with Gasteiger partial charge in [0.25, 0.3) is 0 Å². The molecule has 0 N–H and O–H groups in total. The molecule has 0 amide bonds. The smallest absolute Gasteiger partial charge is 0.0112 e. The van der Waals surface area contributed by atoms with Crippen LogP contribution in [0, 0.1) is 0 Å². The van der Waals surface area contributed by atoms with E-state index < -0.39 is 0 Å². The molecule has 1 aliphatic carbocycles. The minimum absolute atomic E-state index is 0.792. The van der Waals surface area contributed by atoms with Crippen molar-refractivity contribution in [2.45, 2.75) is 44.6 Å².